The van der Waals surface area contributed by atoms with Gasteiger partial charge in [-0.1, -0.05) is 29.8 Å². The molecule has 0 radical (unpaired) electrons. The molecule has 0 fully saturated rings. The molecular weight excluding hydrogens is 353 g/mol. The highest BCUT2D eigenvalue weighted by molar-refractivity contribution is 9.10. The van der Waals surface area contributed by atoms with Crippen molar-refractivity contribution in [3.8, 4) is 0 Å². The molecule has 0 aliphatic rings. The Labute approximate surface area is 125 Å². The maximum Gasteiger partial charge on any atom is 0.338 e. The van der Waals surface area contributed by atoms with Crippen molar-refractivity contribution in [1.29, 1.82) is 0 Å². The van der Waals surface area contributed by atoms with E-state index in [0.717, 1.165) is 16.4 Å². The van der Waals surface area contributed by atoms with Gasteiger partial charge in [0.15, 0.2) is 5.82 Å². The van der Waals surface area contributed by atoms with Gasteiger partial charge < -0.3 is 5.11 Å². The SMILES string of the molecule is CCCN(CC)S(=O)(=O)c1cc(Br)cc(C(=O)O)c1F. The summed E-state index contributed by atoms with van der Waals surface area (Å²) in [5, 5.41) is 8.91. The molecule has 0 atom stereocenters. The third-order valence-corrected chi connectivity index (χ3v) is 5.11. The lowest BCUT2D eigenvalue weighted by atomic mass is 10.2. The number of hydrogen-bond donors (Lipinski definition) is 1. The summed E-state index contributed by atoms with van der Waals surface area (Å²) < 4.78 is 40.2. The van der Waals surface area contributed by atoms with E-state index in [2.05, 4.69) is 15.9 Å². The van der Waals surface area contributed by atoms with Gasteiger partial charge in [0, 0.05) is 17.6 Å². The molecule has 0 spiro atoms. The minimum absolute atomic E-state index is 0.185. The average molecular weight is 368 g/mol. The lowest BCUT2D eigenvalue weighted by molar-refractivity contribution is 0.0691. The number of benzene rings is 1. The van der Waals surface area contributed by atoms with Crippen molar-refractivity contribution >= 4 is 31.9 Å². The Bertz CT molecular complexity index is 618. The van der Waals surface area contributed by atoms with Crippen LogP contribution in [0.15, 0.2) is 21.5 Å². The first kappa shape index (κ1) is 17.1. The van der Waals surface area contributed by atoms with E-state index in [9.17, 15) is 17.6 Å². The van der Waals surface area contributed by atoms with E-state index in [1.165, 1.54) is 0 Å². The van der Waals surface area contributed by atoms with Crippen LogP contribution in [0.5, 0.6) is 0 Å². The Morgan fingerprint density at radius 1 is 1.40 bits per heavy atom. The van der Waals surface area contributed by atoms with Gasteiger partial charge in [0.05, 0.1) is 5.56 Å². The Balaban J connectivity index is 3.49. The normalized spacial score (nSPS) is 11.8. The summed E-state index contributed by atoms with van der Waals surface area (Å²) in [6.45, 7) is 3.87. The van der Waals surface area contributed by atoms with Crippen LogP contribution in [0.25, 0.3) is 0 Å². The van der Waals surface area contributed by atoms with E-state index in [4.69, 9.17) is 5.11 Å². The summed E-state index contributed by atoms with van der Waals surface area (Å²) in [6.07, 6.45) is 0.578. The molecular formula is C12H15BrFNO4S. The maximum absolute atomic E-state index is 14.1. The quantitative estimate of drug-likeness (QED) is 0.838. The zero-order chi connectivity index (χ0) is 15.5. The predicted octanol–water partition coefficient (Wildman–Crippen LogP) is 2.71. The van der Waals surface area contributed by atoms with Crippen molar-refractivity contribution in [2.75, 3.05) is 13.1 Å². The van der Waals surface area contributed by atoms with E-state index < -0.39 is 32.3 Å². The number of carboxylic acid groups (broad SMARTS) is 1. The standard InChI is InChI=1S/C12H15BrFNO4S/c1-3-5-15(4-2)20(18,19)10-7-8(13)6-9(11(10)14)12(16)17/h6-7H,3-5H2,1-2H3,(H,16,17). The van der Waals surface area contributed by atoms with Crippen molar-refractivity contribution in [2.24, 2.45) is 0 Å². The van der Waals surface area contributed by atoms with Gasteiger partial charge in [0.25, 0.3) is 0 Å². The van der Waals surface area contributed by atoms with E-state index in [1.54, 1.807) is 13.8 Å². The highest BCUT2D eigenvalue weighted by Crippen LogP contribution is 2.26. The molecule has 5 nitrogen and oxygen atoms in total. The van der Waals surface area contributed by atoms with Gasteiger partial charge in [-0.05, 0) is 18.6 Å². The van der Waals surface area contributed by atoms with Crippen molar-refractivity contribution < 1.29 is 22.7 Å². The van der Waals surface area contributed by atoms with Crippen LogP contribution in [0.3, 0.4) is 0 Å². The summed E-state index contributed by atoms with van der Waals surface area (Å²) in [4.78, 5) is 10.3. The van der Waals surface area contributed by atoms with Gasteiger partial charge in [-0.25, -0.2) is 17.6 Å². The van der Waals surface area contributed by atoms with Gasteiger partial charge in [-0.3, -0.25) is 0 Å². The van der Waals surface area contributed by atoms with Crippen molar-refractivity contribution in [1.82, 2.24) is 4.31 Å². The van der Waals surface area contributed by atoms with E-state index in [-0.39, 0.29) is 17.6 Å². The molecule has 0 bridgehead atoms. The number of carboxylic acids is 1. The highest BCUT2D eigenvalue weighted by atomic mass is 79.9. The van der Waals surface area contributed by atoms with Crippen LogP contribution in [0, 0.1) is 5.82 Å². The lowest BCUT2D eigenvalue weighted by Gasteiger charge is -2.20. The number of carbonyl (C=O) groups is 1. The summed E-state index contributed by atoms with van der Waals surface area (Å²) >= 11 is 3.01. The Kier molecular flexibility index (Phi) is 5.67. The minimum atomic E-state index is -4.06. The minimum Gasteiger partial charge on any atom is -0.478 e. The van der Waals surface area contributed by atoms with Crippen LogP contribution in [0.4, 0.5) is 4.39 Å². The Morgan fingerprint density at radius 3 is 2.45 bits per heavy atom. The van der Waals surface area contributed by atoms with E-state index in [0.29, 0.717) is 6.42 Å². The average Bonchev–Trinajstić information content (AvgIpc) is 2.37. The zero-order valence-corrected chi connectivity index (χ0v) is 13.5. The molecule has 20 heavy (non-hydrogen) atoms. The molecule has 1 rings (SSSR count). The molecule has 0 unspecified atom stereocenters. The molecule has 0 heterocycles. The first-order valence-electron chi connectivity index (χ1n) is 5.98. The lowest BCUT2D eigenvalue weighted by Crippen LogP contribution is -2.32. The first-order valence-corrected chi connectivity index (χ1v) is 8.21. The molecule has 0 saturated heterocycles. The van der Waals surface area contributed by atoms with E-state index in [1.807, 2.05) is 0 Å². The number of sulfonamides is 1. The van der Waals surface area contributed by atoms with Crippen LogP contribution < -0.4 is 0 Å². The van der Waals surface area contributed by atoms with Crippen molar-refractivity contribution in [2.45, 2.75) is 25.2 Å². The van der Waals surface area contributed by atoms with E-state index >= 15 is 0 Å². The molecule has 0 aliphatic carbocycles. The number of nitrogens with zero attached hydrogens (tertiary/aromatic N) is 1. The van der Waals surface area contributed by atoms with Crippen LogP contribution in [-0.2, 0) is 10.0 Å². The van der Waals surface area contributed by atoms with Gasteiger partial charge in [0.2, 0.25) is 10.0 Å². The fraction of sp³-hybridized carbons (Fsp3) is 0.417. The topological polar surface area (TPSA) is 74.7 Å². The second-order valence-electron chi connectivity index (χ2n) is 4.07. The summed E-state index contributed by atoms with van der Waals surface area (Å²) in [6, 6.07) is 2.11. The number of hydrogen-bond acceptors (Lipinski definition) is 3. The largest absolute Gasteiger partial charge is 0.478 e. The molecule has 8 heteroatoms. The molecule has 1 aromatic carbocycles. The van der Waals surface area contributed by atoms with Gasteiger partial charge in [-0.15, -0.1) is 0 Å². The Hall–Kier alpha value is -0.990. The highest BCUT2D eigenvalue weighted by Gasteiger charge is 2.29. The van der Waals surface area contributed by atoms with Crippen LogP contribution in [0.2, 0.25) is 0 Å². The van der Waals surface area contributed by atoms with Crippen LogP contribution in [0.1, 0.15) is 30.6 Å². The number of rotatable bonds is 6. The molecule has 0 saturated carbocycles. The monoisotopic (exact) mass is 367 g/mol. The van der Waals surface area contributed by atoms with Crippen molar-refractivity contribution in [3.05, 3.63) is 28.0 Å². The van der Waals surface area contributed by atoms with Gasteiger partial charge >= 0.3 is 5.97 Å². The third kappa shape index (κ3) is 3.36. The molecule has 0 amide bonds. The zero-order valence-electron chi connectivity index (χ0n) is 11.1. The van der Waals surface area contributed by atoms with Crippen LogP contribution >= 0.6 is 15.9 Å². The molecule has 112 valence electrons. The predicted molar refractivity (Wildman–Crippen MR) is 75.8 cm³/mol. The fourth-order valence-corrected chi connectivity index (χ4v) is 4.01. The molecule has 0 aliphatic heterocycles. The van der Waals surface area contributed by atoms with Gasteiger partial charge in [0.1, 0.15) is 4.90 Å². The van der Waals surface area contributed by atoms with Crippen molar-refractivity contribution in [3.63, 3.8) is 0 Å². The van der Waals surface area contributed by atoms with Gasteiger partial charge in [-0.2, -0.15) is 4.31 Å². The summed E-state index contributed by atoms with van der Waals surface area (Å²) in [5.74, 6) is -2.76. The number of halogens is 2. The second-order valence-corrected chi connectivity index (χ2v) is 6.89. The molecule has 1 N–H and O–H groups in total. The summed E-state index contributed by atoms with van der Waals surface area (Å²) in [7, 11) is -4.06. The first-order chi connectivity index (χ1) is 9.25. The molecule has 0 aromatic heterocycles. The smallest absolute Gasteiger partial charge is 0.338 e. The maximum atomic E-state index is 14.1. The van der Waals surface area contributed by atoms with Crippen LogP contribution in [-0.4, -0.2) is 36.9 Å². The Morgan fingerprint density at radius 2 is 2.00 bits per heavy atom. The number of aromatic carboxylic acids is 1. The fourth-order valence-electron chi connectivity index (χ4n) is 1.74. The summed E-state index contributed by atoms with van der Waals surface area (Å²) in [5.41, 5.74) is -0.675. The second kappa shape index (κ2) is 6.64. The molecule has 1 aromatic rings. The third-order valence-electron chi connectivity index (χ3n) is 2.68.